The molecule has 5 nitrogen and oxygen atoms in total. The molecule has 1 fully saturated rings. The number of nitrogens with zero attached hydrogens (tertiary/aromatic N) is 3. The molecule has 1 aliphatic carbocycles. The first-order chi connectivity index (χ1) is 17.0. The molecular formula is C28H25ClFN3O2. The van der Waals surface area contributed by atoms with E-state index in [-0.39, 0.29) is 11.7 Å². The van der Waals surface area contributed by atoms with E-state index in [0.29, 0.717) is 41.2 Å². The predicted molar refractivity (Wildman–Crippen MR) is 134 cm³/mol. The highest BCUT2D eigenvalue weighted by Crippen LogP contribution is 2.36. The Kier molecular flexibility index (Phi) is 6.55. The van der Waals surface area contributed by atoms with Crippen LogP contribution in [0.15, 0.2) is 78.9 Å². The van der Waals surface area contributed by atoms with Crippen molar-refractivity contribution in [3.8, 4) is 17.3 Å². The fraction of sp³-hybridized carbons (Fsp3) is 0.214. The maximum atomic E-state index is 13.5. The molecule has 7 heteroatoms. The molecule has 3 aromatic carbocycles. The number of ether oxygens (including phenoxy) is 1. The van der Waals surface area contributed by atoms with E-state index in [9.17, 15) is 9.18 Å². The molecular weight excluding hydrogens is 465 g/mol. The Morgan fingerprint density at radius 1 is 1.06 bits per heavy atom. The molecule has 0 atom stereocenters. The van der Waals surface area contributed by atoms with E-state index in [1.165, 1.54) is 24.3 Å². The van der Waals surface area contributed by atoms with Crippen LogP contribution in [0.5, 0.6) is 11.6 Å². The van der Waals surface area contributed by atoms with Gasteiger partial charge in [0.2, 0.25) is 5.88 Å². The molecule has 1 aromatic heterocycles. The Balaban J connectivity index is 1.55. The van der Waals surface area contributed by atoms with Gasteiger partial charge in [-0.3, -0.25) is 4.79 Å². The summed E-state index contributed by atoms with van der Waals surface area (Å²) in [7, 11) is 0. The molecule has 0 radical (unpaired) electrons. The van der Waals surface area contributed by atoms with Crippen molar-refractivity contribution < 1.29 is 13.9 Å². The minimum atomic E-state index is -0.370. The van der Waals surface area contributed by atoms with Crippen LogP contribution in [0.25, 0.3) is 5.69 Å². The summed E-state index contributed by atoms with van der Waals surface area (Å²) in [5.41, 5.74) is 2.84. The molecule has 35 heavy (non-hydrogen) atoms. The third-order valence-corrected chi connectivity index (χ3v) is 6.40. The van der Waals surface area contributed by atoms with Gasteiger partial charge in [0.15, 0.2) is 0 Å². The standard InChI is InChI=1S/C28H25ClFN3O2/c1-19-24(18-32(17-20-11-12-20)27(34)21-13-15-22(30)16-14-21)28(35-26-10-6-5-9-25(26)29)33(31-19)23-7-3-2-4-8-23/h2-10,13-16,20H,11-12,17-18H2,1H3. The molecule has 0 bridgehead atoms. The molecule has 178 valence electrons. The lowest BCUT2D eigenvalue weighted by molar-refractivity contribution is 0.0733. The maximum Gasteiger partial charge on any atom is 0.254 e. The van der Waals surface area contributed by atoms with Crippen molar-refractivity contribution in [2.75, 3.05) is 6.54 Å². The number of aromatic nitrogens is 2. The Hall–Kier alpha value is -3.64. The smallest absolute Gasteiger partial charge is 0.254 e. The first-order valence-corrected chi connectivity index (χ1v) is 12.0. The molecule has 1 amide bonds. The number of aryl methyl sites for hydroxylation is 1. The molecule has 4 aromatic rings. The van der Waals surface area contributed by atoms with Crippen LogP contribution >= 0.6 is 11.6 Å². The summed E-state index contributed by atoms with van der Waals surface area (Å²) in [6.45, 7) is 2.84. The van der Waals surface area contributed by atoms with E-state index in [2.05, 4.69) is 0 Å². The van der Waals surface area contributed by atoms with Gasteiger partial charge in [0, 0.05) is 12.1 Å². The quantitative estimate of drug-likeness (QED) is 0.273. The zero-order valence-electron chi connectivity index (χ0n) is 19.3. The van der Waals surface area contributed by atoms with Gasteiger partial charge in [-0.05, 0) is 74.2 Å². The number of carbonyl (C=O) groups is 1. The van der Waals surface area contributed by atoms with Crippen molar-refractivity contribution in [1.82, 2.24) is 14.7 Å². The van der Waals surface area contributed by atoms with Crippen LogP contribution in [-0.4, -0.2) is 27.1 Å². The number of rotatable bonds is 8. The average Bonchev–Trinajstić information content (AvgIpc) is 3.64. The van der Waals surface area contributed by atoms with E-state index >= 15 is 0 Å². The zero-order chi connectivity index (χ0) is 24.4. The van der Waals surface area contributed by atoms with Crippen LogP contribution in [0.1, 0.15) is 34.5 Å². The number of hydrogen-bond acceptors (Lipinski definition) is 3. The van der Waals surface area contributed by atoms with Crippen LogP contribution in [0.2, 0.25) is 5.02 Å². The molecule has 0 saturated heterocycles. The SMILES string of the molecule is Cc1nn(-c2ccccc2)c(Oc2ccccc2Cl)c1CN(CC1CC1)C(=O)c1ccc(F)cc1. The molecule has 0 spiro atoms. The lowest BCUT2D eigenvalue weighted by atomic mass is 10.1. The third-order valence-electron chi connectivity index (χ3n) is 6.08. The largest absolute Gasteiger partial charge is 0.437 e. The van der Waals surface area contributed by atoms with Crippen molar-refractivity contribution >= 4 is 17.5 Å². The number of amides is 1. The van der Waals surface area contributed by atoms with Gasteiger partial charge in [-0.1, -0.05) is 41.9 Å². The molecule has 5 rings (SSSR count). The number of para-hydroxylation sites is 2. The fourth-order valence-corrected chi connectivity index (χ4v) is 4.17. The van der Waals surface area contributed by atoms with E-state index < -0.39 is 0 Å². The van der Waals surface area contributed by atoms with E-state index in [0.717, 1.165) is 29.8 Å². The van der Waals surface area contributed by atoms with Gasteiger partial charge in [-0.25, -0.2) is 9.07 Å². The summed E-state index contributed by atoms with van der Waals surface area (Å²) in [6.07, 6.45) is 2.19. The topological polar surface area (TPSA) is 47.4 Å². The second-order valence-electron chi connectivity index (χ2n) is 8.78. The Bertz CT molecular complexity index is 1330. The van der Waals surface area contributed by atoms with Crippen LogP contribution in [0, 0.1) is 18.7 Å². The van der Waals surface area contributed by atoms with Gasteiger partial charge in [-0.2, -0.15) is 5.10 Å². The molecule has 1 heterocycles. The van der Waals surface area contributed by atoms with Crippen molar-refractivity contribution in [1.29, 1.82) is 0 Å². The Morgan fingerprint density at radius 2 is 1.74 bits per heavy atom. The summed E-state index contributed by atoms with van der Waals surface area (Å²) >= 11 is 6.41. The second kappa shape index (κ2) is 9.92. The fourth-order valence-electron chi connectivity index (χ4n) is 4.00. The normalized spacial score (nSPS) is 13.0. The Morgan fingerprint density at radius 3 is 2.43 bits per heavy atom. The first-order valence-electron chi connectivity index (χ1n) is 11.6. The monoisotopic (exact) mass is 489 g/mol. The number of carbonyl (C=O) groups excluding carboxylic acids is 1. The maximum absolute atomic E-state index is 13.5. The van der Waals surface area contributed by atoms with Crippen molar-refractivity contribution in [3.63, 3.8) is 0 Å². The van der Waals surface area contributed by atoms with Crippen LogP contribution in [0.4, 0.5) is 4.39 Å². The van der Waals surface area contributed by atoms with Gasteiger partial charge in [0.25, 0.3) is 5.91 Å². The van der Waals surface area contributed by atoms with Gasteiger partial charge in [0.1, 0.15) is 11.6 Å². The molecule has 0 unspecified atom stereocenters. The summed E-state index contributed by atoms with van der Waals surface area (Å²) in [6, 6.07) is 22.6. The molecule has 1 aliphatic rings. The second-order valence-corrected chi connectivity index (χ2v) is 9.19. The van der Waals surface area contributed by atoms with Crippen LogP contribution < -0.4 is 4.74 Å². The van der Waals surface area contributed by atoms with Gasteiger partial charge in [-0.15, -0.1) is 0 Å². The number of hydrogen-bond donors (Lipinski definition) is 0. The van der Waals surface area contributed by atoms with Crippen molar-refractivity contribution in [2.45, 2.75) is 26.3 Å². The minimum absolute atomic E-state index is 0.146. The first kappa shape index (κ1) is 23.1. The summed E-state index contributed by atoms with van der Waals surface area (Å²) in [4.78, 5) is 15.3. The molecule has 0 aliphatic heterocycles. The number of halogens is 2. The number of benzene rings is 3. The highest BCUT2D eigenvalue weighted by Gasteiger charge is 2.30. The molecule has 0 N–H and O–H groups in total. The van der Waals surface area contributed by atoms with Gasteiger partial charge < -0.3 is 9.64 Å². The lowest BCUT2D eigenvalue weighted by Crippen LogP contribution is -2.32. The van der Waals surface area contributed by atoms with E-state index in [4.69, 9.17) is 21.4 Å². The van der Waals surface area contributed by atoms with Crippen molar-refractivity contribution in [2.24, 2.45) is 5.92 Å². The summed E-state index contributed by atoms with van der Waals surface area (Å²) < 4.78 is 21.6. The average molecular weight is 490 g/mol. The third kappa shape index (κ3) is 5.23. The lowest BCUT2D eigenvalue weighted by Gasteiger charge is -2.23. The molecule has 1 saturated carbocycles. The minimum Gasteiger partial charge on any atom is -0.437 e. The van der Waals surface area contributed by atoms with Crippen LogP contribution in [0.3, 0.4) is 0 Å². The van der Waals surface area contributed by atoms with E-state index in [1.54, 1.807) is 16.8 Å². The summed E-state index contributed by atoms with van der Waals surface area (Å²) in [5.74, 6) is 0.968. The van der Waals surface area contributed by atoms with Crippen LogP contribution in [-0.2, 0) is 6.54 Å². The summed E-state index contributed by atoms with van der Waals surface area (Å²) in [5, 5.41) is 5.24. The van der Waals surface area contributed by atoms with E-state index in [1.807, 2.05) is 54.3 Å². The zero-order valence-corrected chi connectivity index (χ0v) is 20.1. The highest BCUT2D eigenvalue weighted by molar-refractivity contribution is 6.32. The predicted octanol–water partition coefficient (Wildman–Crippen LogP) is 6.82. The van der Waals surface area contributed by atoms with Gasteiger partial charge in [0.05, 0.1) is 28.5 Å². The Labute approximate surface area is 208 Å². The van der Waals surface area contributed by atoms with Gasteiger partial charge >= 0.3 is 0 Å². The van der Waals surface area contributed by atoms with Crippen molar-refractivity contribution in [3.05, 3.63) is 107 Å². The highest BCUT2D eigenvalue weighted by atomic mass is 35.5.